The first-order valence-corrected chi connectivity index (χ1v) is 11.1. The molecule has 30 heavy (non-hydrogen) atoms. The third kappa shape index (κ3) is 5.07. The van der Waals surface area contributed by atoms with E-state index in [1.54, 1.807) is 20.8 Å². The van der Waals surface area contributed by atoms with E-state index in [1.807, 2.05) is 13.8 Å². The molecule has 0 aromatic rings. The van der Waals surface area contributed by atoms with E-state index >= 15 is 0 Å². The monoisotopic (exact) mass is 424 g/mol. The Balaban J connectivity index is 1.81. The molecule has 2 heterocycles. The summed E-state index contributed by atoms with van der Waals surface area (Å²) in [6.45, 7) is 9.45. The Morgan fingerprint density at radius 2 is 1.80 bits per heavy atom. The van der Waals surface area contributed by atoms with Crippen LogP contribution in [0.3, 0.4) is 0 Å². The molecule has 4 atom stereocenters. The van der Waals surface area contributed by atoms with Gasteiger partial charge in [-0.2, -0.15) is 0 Å². The number of carboxylic acids is 1. The van der Waals surface area contributed by atoms with E-state index in [4.69, 9.17) is 9.47 Å². The summed E-state index contributed by atoms with van der Waals surface area (Å²) >= 11 is 0. The van der Waals surface area contributed by atoms with Crippen molar-refractivity contribution in [3.8, 4) is 0 Å². The second-order valence-electron chi connectivity index (χ2n) is 10.6. The summed E-state index contributed by atoms with van der Waals surface area (Å²) in [7, 11) is 0. The average molecular weight is 425 g/mol. The molecule has 2 saturated heterocycles. The maximum atomic E-state index is 13.6. The highest BCUT2D eigenvalue weighted by Crippen LogP contribution is 2.43. The molecule has 3 rings (SSSR count). The zero-order chi connectivity index (χ0) is 22.3. The van der Waals surface area contributed by atoms with Gasteiger partial charge in [0, 0.05) is 12.5 Å². The van der Waals surface area contributed by atoms with Crippen LogP contribution in [0, 0.1) is 11.8 Å². The van der Waals surface area contributed by atoms with Crippen molar-refractivity contribution in [2.75, 3.05) is 6.54 Å². The molecule has 0 spiro atoms. The van der Waals surface area contributed by atoms with Crippen molar-refractivity contribution in [3.63, 3.8) is 0 Å². The van der Waals surface area contributed by atoms with Crippen molar-refractivity contribution in [2.24, 2.45) is 11.8 Å². The van der Waals surface area contributed by atoms with E-state index in [0.29, 0.717) is 6.42 Å². The van der Waals surface area contributed by atoms with Crippen molar-refractivity contribution in [3.05, 3.63) is 0 Å². The van der Waals surface area contributed by atoms with Crippen molar-refractivity contribution < 1.29 is 29.0 Å². The lowest BCUT2D eigenvalue weighted by atomic mass is 9.83. The zero-order valence-electron chi connectivity index (χ0n) is 18.8. The van der Waals surface area contributed by atoms with Gasteiger partial charge in [0.2, 0.25) is 5.91 Å². The first-order valence-electron chi connectivity index (χ1n) is 11.1. The Morgan fingerprint density at radius 1 is 1.17 bits per heavy atom. The van der Waals surface area contributed by atoms with E-state index in [0.717, 1.165) is 32.1 Å². The molecule has 2 N–H and O–H groups in total. The van der Waals surface area contributed by atoms with Gasteiger partial charge in [-0.1, -0.05) is 19.3 Å². The Hall–Kier alpha value is -1.83. The molecule has 8 nitrogen and oxygen atoms in total. The molecule has 3 aliphatic rings. The molecular formula is C22H36N2O6. The molecule has 170 valence electrons. The minimum atomic E-state index is -1.02. The molecule has 0 aromatic heterocycles. The number of carbonyl (C=O) groups is 3. The predicted octanol–water partition coefficient (Wildman–Crippen LogP) is 2.94. The predicted molar refractivity (Wildman–Crippen MR) is 110 cm³/mol. The van der Waals surface area contributed by atoms with E-state index in [2.05, 4.69) is 5.32 Å². The molecule has 2 amide bonds. The smallest absolute Gasteiger partial charge is 0.408 e. The number of nitrogens with zero attached hydrogens (tertiary/aromatic N) is 1. The van der Waals surface area contributed by atoms with Gasteiger partial charge in [-0.15, -0.1) is 0 Å². The van der Waals surface area contributed by atoms with Gasteiger partial charge in [0.25, 0.3) is 0 Å². The number of amides is 2. The van der Waals surface area contributed by atoms with Crippen LogP contribution < -0.4 is 5.32 Å². The molecule has 3 fully saturated rings. The van der Waals surface area contributed by atoms with Crippen molar-refractivity contribution in [1.82, 2.24) is 10.2 Å². The number of carbonyl (C=O) groups excluding carboxylic acids is 2. The molecule has 1 unspecified atom stereocenters. The number of fused-ring (bicyclic) bond motifs is 1. The fourth-order valence-corrected chi connectivity index (χ4v) is 5.28. The molecule has 0 bridgehead atoms. The number of nitrogens with one attached hydrogen (secondary N) is 1. The lowest BCUT2D eigenvalue weighted by Crippen LogP contribution is -2.56. The van der Waals surface area contributed by atoms with Crippen LogP contribution in [0.5, 0.6) is 0 Å². The van der Waals surface area contributed by atoms with Gasteiger partial charge in [0.1, 0.15) is 17.7 Å². The number of aliphatic carboxylic acids is 1. The van der Waals surface area contributed by atoms with Crippen LogP contribution in [0.1, 0.15) is 73.1 Å². The van der Waals surface area contributed by atoms with Gasteiger partial charge in [0.15, 0.2) is 0 Å². The summed E-state index contributed by atoms with van der Waals surface area (Å²) in [5.74, 6) is -1.62. The third-order valence-corrected chi connectivity index (χ3v) is 6.39. The lowest BCUT2D eigenvalue weighted by molar-refractivity contribution is -0.151. The number of ether oxygens (including phenoxy) is 2. The molecule has 1 saturated carbocycles. The van der Waals surface area contributed by atoms with E-state index < -0.39 is 35.3 Å². The van der Waals surface area contributed by atoms with Crippen molar-refractivity contribution in [1.29, 1.82) is 0 Å². The van der Waals surface area contributed by atoms with Crippen LogP contribution in [0.2, 0.25) is 0 Å². The van der Waals surface area contributed by atoms with Gasteiger partial charge < -0.3 is 24.8 Å². The molecule has 1 aliphatic carbocycles. The molecule has 0 aromatic carbocycles. The Kier molecular flexibility index (Phi) is 6.37. The van der Waals surface area contributed by atoms with Crippen LogP contribution in [-0.2, 0) is 19.1 Å². The van der Waals surface area contributed by atoms with Gasteiger partial charge in [0.05, 0.1) is 11.7 Å². The number of likely N-dealkylation sites (tertiary alicyclic amines) is 1. The largest absolute Gasteiger partial charge is 0.480 e. The van der Waals surface area contributed by atoms with Crippen LogP contribution in [0.15, 0.2) is 0 Å². The summed E-state index contributed by atoms with van der Waals surface area (Å²) in [5, 5.41) is 12.7. The summed E-state index contributed by atoms with van der Waals surface area (Å²) in [6.07, 6.45) is 4.41. The summed E-state index contributed by atoms with van der Waals surface area (Å²) in [5.41, 5.74) is -1.08. The van der Waals surface area contributed by atoms with E-state index in [-0.39, 0.29) is 30.4 Å². The fraction of sp³-hybridized carbons (Fsp3) is 0.864. The van der Waals surface area contributed by atoms with Gasteiger partial charge in [-0.05, 0) is 59.8 Å². The average Bonchev–Trinajstić information content (AvgIpc) is 3.09. The summed E-state index contributed by atoms with van der Waals surface area (Å²) in [6, 6.07) is -1.72. The van der Waals surface area contributed by atoms with Crippen LogP contribution in [-0.4, -0.2) is 63.9 Å². The molecule has 2 aliphatic heterocycles. The minimum Gasteiger partial charge on any atom is -0.480 e. The van der Waals surface area contributed by atoms with Gasteiger partial charge in [-0.25, -0.2) is 9.59 Å². The zero-order valence-corrected chi connectivity index (χ0v) is 18.8. The van der Waals surface area contributed by atoms with Crippen molar-refractivity contribution >= 4 is 18.0 Å². The van der Waals surface area contributed by atoms with Crippen LogP contribution in [0.4, 0.5) is 4.79 Å². The number of hydrogen-bond donors (Lipinski definition) is 2. The Labute approximate surface area is 178 Å². The molecular weight excluding hydrogens is 388 g/mol. The highest BCUT2D eigenvalue weighted by molar-refractivity contribution is 5.90. The lowest BCUT2D eigenvalue weighted by Gasteiger charge is -2.35. The van der Waals surface area contributed by atoms with E-state index in [1.165, 1.54) is 4.90 Å². The van der Waals surface area contributed by atoms with Gasteiger partial charge >= 0.3 is 12.1 Å². The van der Waals surface area contributed by atoms with Crippen molar-refractivity contribution in [2.45, 2.75) is 103 Å². The number of alkyl carbamates (subject to hydrolysis) is 1. The van der Waals surface area contributed by atoms with E-state index in [9.17, 15) is 19.5 Å². The first-order chi connectivity index (χ1) is 13.9. The summed E-state index contributed by atoms with van der Waals surface area (Å²) in [4.78, 5) is 39.6. The topological polar surface area (TPSA) is 105 Å². The number of carboxylic acid groups (broad SMARTS) is 1. The number of rotatable bonds is 4. The maximum absolute atomic E-state index is 13.6. The Bertz CT molecular complexity index is 680. The fourth-order valence-electron chi connectivity index (χ4n) is 5.28. The maximum Gasteiger partial charge on any atom is 0.408 e. The summed E-state index contributed by atoms with van der Waals surface area (Å²) < 4.78 is 11.4. The van der Waals surface area contributed by atoms with Crippen LogP contribution in [0.25, 0.3) is 0 Å². The van der Waals surface area contributed by atoms with Crippen LogP contribution >= 0.6 is 0 Å². The third-order valence-electron chi connectivity index (χ3n) is 6.39. The molecule has 8 heteroatoms. The first kappa shape index (κ1) is 22.8. The Morgan fingerprint density at radius 3 is 2.37 bits per heavy atom. The standard InChI is InChI=1S/C22H36N2O6/c1-21(2,3)30-20(28)23-16(13-9-7-6-8-10-13)18(25)24-12-15-14(17(24)19(26)27)11-22(4,5)29-15/h13-17H,6-12H2,1-5H3,(H,23,28)(H,26,27)/t14-,15?,16-,17-/m0/s1. The second kappa shape index (κ2) is 8.36. The molecule has 0 radical (unpaired) electrons. The SMILES string of the molecule is CC(C)(C)OC(=O)N[C@H](C(=O)N1CC2OC(C)(C)C[C@@H]2[C@H]1C(=O)O)C1CCCCC1. The normalized spacial score (nSPS) is 29.9. The van der Waals surface area contributed by atoms with Gasteiger partial charge in [-0.3, -0.25) is 4.79 Å². The highest BCUT2D eigenvalue weighted by Gasteiger charge is 2.56. The minimum absolute atomic E-state index is 0.0222. The number of hydrogen-bond acceptors (Lipinski definition) is 5. The highest BCUT2D eigenvalue weighted by atomic mass is 16.6. The second-order valence-corrected chi connectivity index (χ2v) is 10.6. The quantitative estimate of drug-likeness (QED) is 0.719.